The Balaban J connectivity index is 0.000000211. The van der Waals surface area contributed by atoms with E-state index in [0.717, 1.165) is 21.9 Å². The van der Waals surface area contributed by atoms with E-state index in [2.05, 4.69) is 140 Å². The molecule has 5 aromatic rings. The Labute approximate surface area is 295 Å². The topological polar surface area (TPSA) is 0 Å². The van der Waals surface area contributed by atoms with E-state index in [0.29, 0.717) is 5.92 Å². The fourth-order valence-electron chi connectivity index (χ4n) is 6.33. The van der Waals surface area contributed by atoms with Crippen LogP contribution in [0.1, 0.15) is 108 Å². The van der Waals surface area contributed by atoms with Crippen molar-refractivity contribution in [2.75, 3.05) is 0 Å². The Morgan fingerprint density at radius 3 is 1.98 bits per heavy atom. The van der Waals surface area contributed by atoms with Gasteiger partial charge in [0.2, 0.25) is 0 Å². The Kier molecular flexibility index (Phi) is 15.9. The van der Waals surface area contributed by atoms with Crippen LogP contribution in [-0.4, -0.2) is 9.52 Å². The molecular weight excluding hydrogens is 683 g/mol. The number of fused-ring (bicyclic) bond motifs is 2. The third-order valence-corrected chi connectivity index (χ3v) is 9.06. The summed E-state index contributed by atoms with van der Waals surface area (Å²) >= 11 is -0.826. The van der Waals surface area contributed by atoms with E-state index < -0.39 is 20.8 Å². The van der Waals surface area contributed by atoms with Gasteiger partial charge < -0.3 is 0 Å². The zero-order chi connectivity index (χ0) is 33.0. The van der Waals surface area contributed by atoms with Crippen LogP contribution >= 0.6 is 17.0 Å². The molecule has 6 rings (SSSR count). The molecule has 0 aliphatic heterocycles. The Morgan fingerprint density at radius 1 is 0.844 bits per heavy atom. The van der Waals surface area contributed by atoms with Crippen molar-refractivity contribution in [3.8, 4) is 11.1 Å². The van der Waals surface area contributed by atoms with Gasteiger partial charge >= 0.3 is 37.9 Å². The van der Waals surface area contributed by atoms with E-state index in [4.69, 9.17) is 17.0 Å². The number of hydrogen-bond donors (Lipinski definition) is 0. The number of rotatable bonds is 5. The molecule has 0 saturated heterocycles. The monoisotopic (exact) mass is 732 g/mol. The molecule has 0 heterocycles. The quantitative estimate of drug-likeness (QED) is 0.125. The van der Waals surface area contributed by atoms with Gasteiger partial charge in [0.25, 0.3) is 0 Å². The van der Waals surface area contributed by atoms with Gasteiger partial charge in [-0.05, 0) is 47.6 Å². The van der Waals surface area contributed by atoms with Gasteiger partial charge in [0.05, 0.1) is 0 Å². The molecule has 1 unspecified atom stereocenters. The van der Waals surface area contributed by atoms with Gasteiger partial charge in [-0.25, -0.2) is 0 Å². The number of halogens is 2. The summed E-state index contributed by atoms with van der Waals surface area (Å²) in [6, 6.07) is 32.0. The number of hydrogen-bond acceptors (Lipinski definition) is 0. The molecule has 45 heavy (non-hydrogen) atoms. The first kappa shape index (κ1) is 38.0. The second-order valence-corrected chi connectivity index (χ2v) is 18.1. The molecule has 1 aliphatic carbocycles. The molecule has 0 nitrogen and oxygen atoms in total. The molecule has 4 heteroatoms. The maximum absolute atomic E-state index is 4.93. The van der Waals surface area contributed by atoms with Crippen LogP contribution in [0.5, 0.6) is 0 Å². The standard InChI is InChI=1S/C21H23.C18H23.C2H6Si.2ClH.Zr/c1-5-15-13-17-7-6-8-19(20(17)14-15)16-9-11-18(12-10-16)21(2,3)4;1-3-13(2)17-10-6-9-15-11-16(12-18(15)17)14-7-4-5-8-14;1-3-2;;;/h6-14H,5H2,1-4H3;6,9-14H,3-5,7-8H2,1-2H3;1-2H3;2*1H;/q2*-1;;;;+4/p-2. The first-order valence-electron chi connectivity index (χ1n) is 16.6. The molecule has 0 N–H and O–H groups in total. The van der Waals surface area contributed by atoms with Crippen LogP contribution in [0.4, 0.5) is 0 Å². The molecule has 1 saturated carbocycles. The van der Waals surface area contributed by atoms with E-state index in [9.17, 15) is 0 Å². The van der Waals surface area contributed by atoms with Gasteiger partial charge in [0, 0.05) is 9.52 Å². The van der Waals surface area contributed by atoms with Gasteiger partial charge in [0.15, 0.2) is 0 Å². The minimum atomic E-state index is -0.826. The van der Waals surface area contributed by atoms with Crippen molar-refractivity contribution in [2.24, 2.45) is 0 Å². The molecule has 238 valence electrons. The van der Waals surface area contributed by atoms with E-state index >= 15 is 0 Å². The molecule has 1 aliphatic rings. The Hall–Kier alpha value is -1.44. The average Bonchev–Trinajstić information content (AvgIpc) is 3.80. The van der Waals surface area contributed by atoms with Crippen molar-refractivity contribution in [3.05, 3.63) is 107 Å². The van der Waals surface area contributed by atoms with Crippen LogP contribution < -0.4 is 0 Å². The Bertz CT molecular complexity index is 1560. The SMILES string of the molecule is CCC(C)c1cccc2[cH-]c(C3CCCC3)cc12.CCc1cc2c(-c3ccc(C(C)(C)C)cc3)cccc2[cH-]1.C[Si]C.[Cl][Zr+2][Cl]. The summed E-state index contributed by atoms with van der Waals surface area (Å²) < 4.78 is 0. The molecule has 0 spiro atoms. The third kappa shape index (κ3) is 10.5. The zero-order valence-electron chi connectivity index (χ0n) is 28.7. The minimum absolute atomic E-state index is 0.209. The molecule has 0 amide bonds. The molecule has 5 aromatic carbocycles. The van der Waals surface area contributed by atoms with E-state index in [1.165, 1.54) is 75.9 Å². The first-order chi connectivity index (χ1) is 21.6. The Morgan fingerprint density at radius 2 is 1.42 bits per heavy atom. The summed E-state index contributed by atoms with van der Waals surface area (Å²) in [7, 11) is 11.0. The summed E-state index contributed by atoms with van der Waals surface area (Å²) in [5.74, 6) is 1.51. The predicted molar refractivity (Wildman–Crippen MR) is 202 cm³/mol. The summed E-state index contributed by atoms with van der Waals surface area (Å²) in [5, 5.41) is 5.69. The van der Waals surface area contributed by atoms with Crippen LogP contribution in [0.15, 0.2) is 84.9 Å². The van der Waals surface area contributed by atoms with Gasteiger partial charge in [0.1, 0.15) is 0 Å². The zero-order valence-corrected chi connectivity index (χ0v) is 33.7. The van der Waals surface area contributed by atoms with Crippen molar-refractivity contribution >= 4 is 48.1 Å². The van der Waals surface area contributed by atoms with Gasteiger partial charge in [-0.2, -0.15) is 12.1 Å². The van der Waals surface area contributed by atoms with Crippen LogP contribution in [0.2, 0.25) is 13.1 Å². The fraction of sp³-hybridized carbons (Fsp3) is 0.415. The van der Waals surface area contributed by atoms with Crippen LogP contribution in [-0.2, 0) is 32.7 Å². The van der Waals surface area contributed by atoms with E-state index in [-0.39, 0.29) is 5.41 Å². The average molecular weight is 735 g/mol. The van der Waals surface area contributed by atoms with Crippen molar-refractivity contribution in [2.45, 2.75) is 110 Å². The summed E-state index contributed by atoms with van der Waals surface area (Å²) in [5.41, 5.74) is 8.80. The summed E-state index contributed by atoms with van der Waals surface area (Å²) in [6.45, 7) is 17.9. The first-order valence-corrected chi connectivity index (χ1v) is 25.0. The second kappa shape index (κ2) is 18.8. The van der Waals surface area contributed by atoms with Crippen LogP contribution in [0.3, 0.4) is 0 Å². The van der Waals surface area contributed by atoms with Crippen LogP contribution in [0, 0.1) is 0 Å². The van der Waals surface area contributed by atoms with Crippen molar-refractivity contribution in [3.63, 3.8) is 0 Å². The second-order valence-electron chi connectivity index (χ2n) is 13.4. The van der Waals surface area contributed by atoms with Gasteiger partial charge in [-0.15, -0.1) is 69.1 Å². The molecule has 0 bridgehead atoms. The third-order valence-electron chi connectivity index (χ3n) is 9.06. The predicted octanol–water partition coefficient (Wildman–Crippen LogP) is 14.0. The van der Waals surface area contributed by atoms with Crippen LogP contribution in [0.25, 0.3) is 32.7 Å². The normalized spacial score (nSPS) is 13.6. The van der Waals surface area contributed by atoms with Gasteiger partial charge in [-0.1, -0.05) is 121 Å². The number of benzene rings is 3. The molecule has 1 atom stereocenters. The molecule has 0 aromatic heterocycles. The van der Waals surface area contributed by atoms with E-state index in [1.54, 1.807) is 11.1 Å². The fourth-order valence-corrected chi connectivity index (χ4v) is 6.33. The van der Waals surface area contributed by atoms with Crippen molar-refractivity contribution in [1.29, 1.82) is 0 Å². The molecule has 2 radical (unpaired) electrons. The molecule has 1 fully saturated rings. The number of aryl methyl sites for hydroxylation is 1. The summed E-state index contributed by atoms with van der Waals surface area (Å²) in [6.07, 6.45) is 7.96. The molecular formula is C41H52Cl2SiZr. The van der Waals surface area contributed by atoms with Gasteiger partial charge in [-0.3, -0.25) is 0 Å². The maximum atomic E-state index is 4.93. The van der Waals surface area contributed by atoms with Crippen molar-refractivity contribution in [1.82, 2.24) is 0 Å². The summed E-state index contributed by atoms with van der Waals surface area (Å²) in [4.78, 5) is 0. The van der Waals surface area contributed by atoms with E-state index in [1.807, 2.05) is 0 Å². The van der Waals surface area contributed by atoms with Crippen molar-refractivity contribution < 1.29 is 20.8 Å².